The Morgan fingerprint density at radius 1 is 1.31 bits per heavy atom. The summed E-state index contributed by atoms with van der Waals surface area (Å²) in [7, 11) is 0. The second-order valence-electron chi connectivity index (χ2n) is 4.65. The minimum Gasteiger partial charge on any atom is -0.481 e. The van der Waals surface area contributed by atoms with E-state index < -0.39 is 5.97 Å². The molecule has 92 valence electrons. The third-order valence-electron chi connectivity index (χ3n) is 3.29. The molecule has 1 amide bonds. The molecule has 4 nitrogen and oxygen atoms in total. The number of hydrogen-bond acceptors (Lipinski definition) is 2. The van der Waals surface area contributed by atoms with Gasteiger partial charge in [0.2, 0.25) is 5.91 Å². The van der Waals surface area contributed by atoms with Gasteiger partial charge in [0, 0.05) is 18.9 Å². The molecule has 1 saturated carbocycles. The van der Waals surface area contributed by atoms with Gasteiger partial charge in [-0.25, -0.2) is 0 Å². The van der Waals surface area contributed by atoms with Crippen LogP contribution >= 0.6 is 0 Å². The zero-order chi connectivity index (χ0) is 12.0. The highest BCUT2D eigenvalue weighted by Crippen LogP contribution is 2.29. The Morgan fingerprint density at radius 2 is 1.94 bits per heavy atom. The van der Waals surface area contributed by atoms with Gasteiger partial charge in [-0.3, -0.25) is 9.59 Å². The number of nitrogens with one attached hydrogen (secondary N) is 1. The Bertz CT molecular complexity index is 249. The van der Waals surface area contributed by atoms with Crippen molar-refractivity contribution in [1.29, 1.82) is 0 Å². The van der Waals surface area contributed by atoms with Gasteiger partial charge in [-0.2, -0.15) is 0 Å². The van der Waals surface area contributed by atoms with Crippen LogP contribution in [0.15, 0.2) is 0 Å². The van der Waals surface area contributed by atoms with Crippen molar-refractivity contribution in [2.45, 2.75) is 57.9 Å². The number of carboxylic acids is 1. The molecule has 16 heavy (non-hydrogen) atoms. The zero-order valence-corrected chi connectivity index (χ0v) is 9.87. The molecule has 0 heterocycles. The molecule has 0 aliphatic heterocycles. The average molecular weight is 227 g/mol. The number of aliphatic carboxylic acids is 1. The number of amides is 1. The van der Waals surface area contributed by atoms with Crippen molar-refractivity contribution < 1.29 is 14.7 Å². The summed E-state index contributed by atoms with van der Waals surface area (Å²) < 4.78 is 0. The summed E-state index contributed by atoms with van der Waals surface area (Å²) in [5, 5.41) is 11.4. The first-order valence-corrected chi connectivity index (χ1v) is 6.10. The smallest absolute Gasteiger partial charge is 0.303 e. The Hall–Kier alpha value is -1.06. The van der Waals surface area contributed by atoms with E-state index in [4.69, 9.17) is 5.11 Å². The monoisotopic (exact) mass is 227 g/mol. The van der Waals surface area contributed by atoms with Crippen molar-refractivity contribution in [3.05, 3.63) is 0 Å². The van der Waals surface area contributed by atoms with E-state index in [2.05, 4.69) is 12.2 Å². The van der Waals surface area contributed by atoms with Crippen molar-refractivity contribution in [3.8, 4) is 0 Å². The summed E-state index contributed by atoms with van der Waals surface area (Å²) in [6.45, 7) is 2.05. The summed E-state index contributed by atoms with van der Waals surface area (Å²) in [5.74, 6) is -0.0731. The van der Waals surface area contributed by atoms with Crippen LogP contribution in [-0.2, 0) is 9.59 Å². The van der Waals surface area contributed by atoms with Crippen molar-refractivity contribution in [3.63, 3.8) is 0 Å². The van der Waals surface area contributed by atoms with Crippen molar-refractivity contribution in [1.82, 2.24) is 5.32 Å². The maximum Gasteiger partial charge on any atom is 0.303 e. The standard InChI is InChI=1S/C12H21NO3/c1-9(10-5-4-6-10)13-11(14)7-2-3-8-12(15)16/h9-10H,2-8H2,1H3,(H,13,14)(H,15,16). The first-order chi connectivity index (χ1) is 7.59. The lowest BCUT2D eigenvalue weighted by atomic mass is 9.80. The Labute approximate surface area is 96.4 Å². The lowest BCUT2D eigenvalue weighted by molar-refractivity contribution is -0.137. The van der Waals surface area contributed by atoms with Gasteiger partial charge in [0.15, 0.2) is 0 Å². The SMILES string of the molecule is CC(NC(=O)CCCCC(=O)O)C1CCC1. The molecule has 1 aliphatic rings. The van der Waals surface area contributed by atoms with E-state index in [9.17, 15) is 9.59 Å². The predicted molar refractivity (Wildman–Crippen MR) is 61.0 cm³/mol. The first kappa shape index (κ1) is 13.0. The molecular formula is C12H21NO3. The number of rotatable bonds is 7. The molecule has 4 heteroatoms. The molecule has 0 saturated heterocycles. The minimum atomic E-state index is -0.789. The van der Waals surface area contributed by atoms with Crippen LogP contribution in [0.2, 0.25) is 0 Å². The molecule has 0 aromatic carbocycles. The van der Waals surface area contributed by atoms with Gasteiger partial charge < -0.3 is 10.4 Å². The van der Waals surface area contributed by atoms with Crippen LogP contribution in [0.3, 0.4) is 0 Å². The number of unbranched alkanes of at least 4 members (excludes halogenated alkanes) is 1. The highest BCUT2D eigenvalue weighted by Gasteiger charge is 2.24. The van der Waals surface area contributed by atoms with Crippen LogP contribution in [0.25, 0.3) is 0 Å². The number of hydrogen-bond donors (Lipinski definition) is 2. The highest BCUT2D eigenvalue weighted by molar-refractivity contribution is 5.76. The van der Waals surface area contributed by atoms with Crippen LogP contribution in [0.4, 0.5) is 0 Å². The maximum absolute atomic E-state index is 11.5. The lowest BCUT2D eigenvalue weighted by Gasteiger charge is -2.31. The molecule has 1 aliphatic carbocycles. The second kappa shape index (κ2) is 6.51. The van der Waals surface area contributed by atoms with E-state index in [1.807, 2.05) is 0 Å². The lowest BCUT2D eigenvalue weighted by Crippen LogP contribution is -2.40. The fraction of sp³-hybridized carbons (Fsp3) is 0.833. The van der Waals surface area contributed by atoms with Gasteiger partial charge in [0.05, 0.1) is 0 Å². The molecule has 1 unspecified atom stereocenters. The van der Waals surface area contributed by atoms with Crippen molar-refractivity contribution in [2.75, 3.05) is 0 Å². The van der Waals surface area contributed by atoms with Gasteiger partial charge in [0.1, 0.15) is 0 Å². The van der Waals surface area contributed by atoms with Gasteiger partial charge in [-0.1, -0.05) is 6.42 Å². The molecule has 1 fully saturated rings. The molecule has 1 atom stereocenters. The van der Waals surface area contributed by atoms with Crippen LogP contribution in [0.1, 0.15) is 51.9 Å². The van der Waals surface area contributed by atoms with E-state index in [0.717, 1.165) is 0 Å². The molecule has 1 rings (SSSR count). The average Bonchev–Trinajstić information content (AvgIpc) is 2.08. The summed E-state index contributed by atoms with van der Waals surface area (Å²) in [6, 6.07) is 0.278. The summed E-state index contributed by atoms with van der Waals surface area (Å²) in [6.07, 6.45) is 5.58. The Kier molecular flexibility index (Phi) is 5.29. The predicted octanol–water partition coefficient (Wildman–Crippen LogP) is 1.94. The topological polar surface area (TPSA) is 66.4 Å². The normalized spacial score (nSPS) is 17.6. The quantitative estimate of drug-likeness (QED) is 0.653. The van der Waals surface area contributed by atoms with Crippen LogP contribution < -0.4 is 5.32 Å². The van der Waals surface area contributed by atoms with E-state index in [-0.39, 0.29) is 18.4 Å². The Balaban J connectivity index is 2.03. The first-order valence-electron chi connectivity index (χ1n) is 6.10. The number of carboxylic acid groups (broad SMARTS) is 1. The molecule has 0 spiro atoms. The van der Waals surface area contributed by atoms with E-state index in [0.29, 0.717) is 25.2 Å². The molecule has 0 aromatic heterocycles. The number of carbonyl (C=O) groups is 2. The van der Waals surface area contributed by atoms with Gasteiger partial charge in [-0.15, -0.1) is 0 Å². The maximum atomic E-state index is 11.5. The third kappa shape index (κ3) is 4.64. The summed E-state index contributed by atoms with van der Waals surface area (Å²) in [4.78, 5) is 21.7. The third-order valence-corrected chi connectivity index (χ3v) is 3.29. The fourth-order valence-corrected chi connectivity index (χ4v) is 1.95. The van der Waals surface area contributed by atoms with Crippen molar-refractivity contribution >= 4 is 11.9 Å². The Morgan fingerprint density at radius 3 is 2.44 bits per heavy atom. The summed E-state index contributed by atoms with van der Waals surface area (Å²) in [5.41, 5.74) is 0. The molecule has 0 radical (unpaired) electrons. The van der Waals surface area contributed by atoms with Crippen LogP contribution in [0.5, 0.6) is 0 Å². The minimum absolute atomic E-state index is 0.0600. The van der Waals surface area contributed by atoms with Gasteiger partial charge >= 0.3 is 5.97 Å². The fourth-order valence-electron chi connectivity index (χ4n) is 1.95. The van der Waals surface area contributed by atoms with Gasteiger partial charge in [-0.05, 0) is 38.5 Å². The van der Waals surface area contributed by atoms with Gasteiger partial charge in [0.25, 0.3) is 0 Å². The van der Waals surface area contributed by atoms with E-state index in [1.54, 1.807) is 0 Å². The van der Waals surface area contributed by atoms with E-state index in [1.165, 1.54) is 19.3 Å². The number of carbonyl (C=O) groups excluding carboxylic acids is 1. The zero-order valence-electron chi connectivity index (χ0n) is 9.87. The van der Waals surface area contributed by atoms with E-state index >= 15 is 0 Å². The molecule has 2 N–H and O–H groups in total. The second-order valence-corrected chi connectivity index (χ2v) is 4.65. The van der Waals surface area contributed by atoms with Crippen LogP contribution in [0, 0.1) is 5.92 Å². The van der Waals surface area contributed by atoms with Crippen molar-refractivity contribution in [2.24, 2.45) is 5.92 Å². The van der Waals surface area contributed by atoms with Crippen LogP contribution in [-0.4, -0.2) is 23.0 Å². The highest BCUT2D eigenvalue weighted by atomic mass is 16.4. The largest absolute Gasteiger partial charge is 0.481 e. The summed E-state index contributed by atoms with van der Waals surface area (Å²) >= 11 is 0. The molecule has 0 bridgehead atoms. The molecular weight excluding hydrogens is 206 g/mol. The molecule has 0 aromatic rings.